The highest BCUT2D eigenvalue weighted by Crippen LogP contribution is 2.38. The summed E-state index contributed by atoms with van der Waals surface area (Å²) in [6.07, 6.45) is 3.92. The lowest BCUT2D eigenvalue weighted by molar-refractivity contribution is -0.144. The van der Waals surface area contributed by atoms with Crippen molar-refractivity contribution in [2.45, 2.75) is 63.8 Å². The van der Waals surface area contributed by atoms with E-state index in [-0.39, 0.29) is 30.0 Å². The van der Waals surface area contributed by atoms with Gasteiger partial charge < -0.3 is 19.1 Å². The molecule has 1 N–H and O–H groups in total. The van der Waals surface area contributed by atoms with Gasteiger partial charge in [0, 0.05) is 19.2 Å². The zero-order chi connectivity index (χ0) is 38.4. The van der Waals surface area contributed by atoms with Crippen LogP contribution in [0.5, 0.6) is 11.5 Å². The number of hydrogen-bond donors (Lipinski definition) is 1. The summed E-state index contributed by atoms with van der Waals surface area (Å²) in [5.74, 6) is 1.01. The van der Waals surface area contributed by atoms with Crippen molar-refractivity contribution in [3.63, 3.8) is 0 Å². The Bertz CT molecular complexity index is 1970. The van der Waals surface area contributed by atoms with E-state index in [1.807, 2.05) is 89.8 Å². The highest BCUT2D eigenvalue weighted by Gasteiger charge is 2.41. The van der Waals surface area contributed by atoms with Crippen LogP contribution < -0.4 is 14.8 Å². The van der Waals surface area contributed by atoms with Crippen molar-refractivity contribution in [2.24, 2.45) is 11.8 Å². The standard InChI is InChI=1S/C47H49FN2O5/c1-32-22-25-36-30-50(45(51)43(36)44(32)48)29-34-23-26-35(27-24-34)33(2)55-41-21-13-20-40(28-41)54-31-42(46(52)53-3)49-47(37-14-7-4-8-15-37,38-16-9-5-10-17-38)39-18-11-6-12-19-39/h4-22,25,28,33-35,42,49H,23-24,26-27,29-31H2,1-3H3/t33?,34-,35-,42-/m0/s1. The second-order valence-electron chi connectivity index (χ2n) is 14.9. The molecule has 1 aliphatic heterocycles. The molecule has 7 nitrogen and oxygen atoms in total. The normalized spacial score (nSPS) is 18.0. The number of halogens is 1. The minimum Gasteiger partial charge on any atom is -0.491 e. The minimum atomic E-state index is -0.891. The van der Waals surface area contributed by atoms with Crippen LogP contribution in [0, 0.1) is 24.6 Å². The van der Waals surface area contributed by atoms with Crippen LogP contribution in [0.2, 0.25) is 0 Å². The van der Waals surface area contributed by atoms with Gasteiger partial charge in [-0.05, 0) is 91.3 Å². The largest absolute Gasteiger partial charge is 0.491 e. The van der Waals surface area contributed by atoms with E-state index in [0.29, 0.717) is 42.0 Å². The van der Waals surface area contributed by atoms with E-state index in [1.165, 1.54) is 7.11 Å². The van der Waals surface area contributed by atoms with E-state index in [1.54, 1.807) is 13.0 Å². The second-order valence-corrected chi connectivity index (χ2v) is 14.9. The number of carbonyl (C=O) groups is 2. The van der Waals surface area contributed by atoms with Crippen LogP contribution in [0.1, 0.15) is 70.8 Å². The Hall–Kier alpha value is -5.47. The summed E-state index contributed by atoms with van der Waals surface area (Å²) in [7, 11) is 1.39. The average Bonchev–Trinajstić information content (AvgIpc) is 3.55. The Balaban J connectivity index is 1.000. The van der Waals surface area contributed by atoms with Crippen LogP contribution in [-0.2, 0) is 21.6 Å². The van der Waals surface area contributed by atoms with Gasteiger partial charge in [0.15, 0.2) is 0 Å². The summed E-state index contributed by atoms with van der Waals surface area (Å²) in [6.45, 7) is 4.96. The summed E-state index contributed by atoms with van der Waals surface area (Å²) >= 11 is 0. The molecular weight excluding hydrogens is 692 g/mol. The molecule has 2 aliphatic rings. The molecule has 0 aromatic heterocycles. The number of hydrogen-bond acceptors (Lipinski definition) is 6. The highest BCUT2D eigenvalue weighted by molar-refractivity contribution is 5.98. The van der Waals surface area contributed by atoms with Crippen molar-refractivity contribution in [3.8, 4) is 11.5 Å². The molecule has 1 fully saturated rings. The van der Waals surface area contributed by atoms with Crippen molar-refractivity contribution in [3.05, 3.63) is 167 Å². The fourth-order valence-corrected chi connectivity index (χ4v) is 8.33. The van der Waals surface area contributed by atoms with Gasteiger partial charge in [-0.25, -0.2) is 4.39 Å². The molecule has 0 spiro atoms. The van der Waals surface area contributed by atoms with Gasteiger partial charge in [0.2, 0.25) is 0 Å². The van der Waals surface area contributed by atoms with E-state index in [4.69, 9.17) is 14.2 Å². The molecule has 1 saturated carbocycles. The van der Waals surface area contributed by atoms with Gasteiger partial charge >= 0.3 is 5.97 Å². The number of methoxy groups -OCH3 is 1. The second kappa shape index (κ2) is 16.9. The molecule has 0 radical (unpaired) electrons. The van der Waals surface area contributed by atoms with Gasteiger partial charge in [-0.3, -0.25) is 14.9 Å². The molecule has 1 heterocycles. The number of fused-ring (bicyclic) bond motifs is 1. The maximum absolute atomic E-state index is 14.7. The lowest BCUT2D eigenvalue weighted by Gasteiger charge is -2.39. The molecule has 7 rings (SSSR count). The lowest BCUT2D eigenvalue weighted by Crippen LogP contribution is -2.55. The van der Waals surface area contributed by atoms with Crippen molar-refractivity contribution >= 4 is 11.9 Å². The van der Waals surface area contributed by atoms with Gasteiger partial charge in [0.1, 0.15) is 30.0 Å². The topological polar surface area (TPSA) is 77.1 Å². The number of ether oxygens (including phenoxy) is 3. The number of carbonyl (C=O) groups excluding carboxylic acids is 2. The molecule has 1 unspecified atom stereocenters. The van der Waals surface area contributed by atoms with Gasteiger partial charge in [0.25, 0.3) is 5.91 Å². The van der Waals surface area contributed by atoms with Crippen LogP contribution in [0.15, 0.2) is 127 Å². The first-order valence-electron chi connectivity index (χ1n) is 19.3. The Morgan fingerprint density at radius 3 is 1.98 bits per heavy atom. The van der Waals surface area contributed by atoms with Gasteiger partial charge in [-0.15, -0.1) is 0 Å². The molecule has 8 heteroatoms. The Morgan fingerprint density at radius 2 is 1.40 bits per heavy atom. The quantitative estimate of drug-likeness (QED) is 0.0906. The fourth-order valence-electron chi connectivity index (χ4n) is 8.33. The fraction of sp³-hybridized carbons (Fsp3) is 0.319. The number of aryl methyl sites for hydroxylation is 1. The maximum atomic E-state index is 14.7. The molecule has 1 aliphatic carbocycles. The third-order valence-electron chi connectivity index (χ3n) is 11.4. The SMILES string of the molecule is COC(=O)[C@H](COc1cccc(OC(C)[C@H]2CC[C@H](CN3Cc4ccc(C)c(F)c4C3=O)CC2)c1)NC(c1ccccc1)(c1ccccc1)c1ccccc1. The Kier molecular flexibility index (Phi) is 11.6. The predicted octanol–water partition coefficient (Wildman–Crippen LogP) is 8.87. The van der Waals surface area contributed by atoms with Crippen LogP contribution in [-0.4, -0.2) is 49.2 Å². The molecule has 55 heavy (non-hydrogen) atoms. The molecule has 0 bridgehead atoms. The number of amides is 1. The molecule has 5 aromatic rings. The molecule has 1 amide bonds. The molecule has 5 aromatic carbocycles. The Labute approximate surface area is 323 Å². The van der Waals surface area contributed by atoms with Crippen LogP contribution in [0.4, 0.5) is 4.39 Å². The monoisotopic (exact) mass is 740 g/mol. The Morgan fingerprint density at radius 1 is 0.818 bits per heavy atom. The zero-order valence-electron chi connectivity index (χ0n) is 31.7. The summed E-state index contributed by atoms with van der Waals surface area (Å²) in [5, 5.41) is 3.70. The number of esters is 1. The van der Waals surface area contributed by atoms with Crippen molar-refractivity contribution < 1.29 is 28.2 Å². The summed E-state index contributed by atoms with van der Waals surface area (Å²) in [6, 6.07) is 40.7. The van der Waals surface area contributed by atoms with E-state index in [2.05, 4.69) is 48.6 Å². The summed E-state index contributed by atoms with van der Waals surface area (Å²) < 4.78 is 32.9. The first-order chi connectivity index (χ1) is 26.8. The average molecular weight is 741 g/mol. The third kappa shape index (κ3) is 8.15. The minimum absolute atomic E-state index is 0.0147. The number of nitrogens with one attached hydrogen (secondary N) is 1. The first kappa shape index (κ1) is 37.8. The van der Waals surface area contributed by atoms with E-state index >= 15 is 0 Å². The van der Waals surface area contributed by atoms with Crippen LogP contribution >= 0.6 is 0 Å². The van der Waals surface area contributed by atoms with Crippen molar-refractivity contribution in [1.29, 1.82) is 0 Å². The van der Waals surface area contributed by atoms with Crippen molar-refractivity contribution in [1.82, 2.24) is 10.2 Å². The van der Waals surface area contributed by atoms with Gasteiger partial charge in [0.05, 0.1) is 24.3 Å². The number of nitrogens with zero attached hydrogens (tertiary/aromatic N) is 1. The van der Waals surface area contributed by atoms with E-state index in [0.717, 1.165) is 47.9 Å². The summed E-state index contributed by atoms with van der Waals surface area (Å²) in [4.78, 5) is 28.3. The van der Waals surface area contributed by atoms with Crippen molar-refractivity contribution in [2.75, 3.05) is 20.3 Å². The smallest absolute Gasteiger partial charge is 0.326 e. The maximum Gasteiger partial charge on any atom is 0.326 e. The zero-order valence-corrected chi connectivity index (χ0v) is 31.7. The lowest BCUT2D eigenvalue weighted by atomic mass is 9.76. The van der Waals surface area contributed by atoms with Crippen LogP contribution in [0.25, 0.3) is 0 Å². The number of benzene rings is 5. The van der Waals surface area contributed by atoms with Gasteiger partial charge in [-0.1, -0.05) is 109 Å². The van der Waals surface area contributed by atoms with Crippen LogP contribution in [0.3, 0.4) is 0 Å². The third-order valence-corrected chi connectivity index (χ3v) is 11.4. The predicted molar refractivity (Wildman–Crippen MR) is 212 cm³/mol. The molecule has 2 atom stereocenters. The molecule has 284 valence electrons. The van der Waals surface area contributed by atoms with E-state index in [9.17, 15) is 14.0 Å². The highest BCUT2D eigenvalue weighted by atomic mass is 19.1. The molecule has 0 saturated heterocycles. The molecular formula is C47H49FN2O5. The van der Waals surface area contributed by atoms with Gasteiger partial charge in [-0.2, -0.15) is 0 Å². The first-order valence-corrected chi connectivity index (χ1v) is 19.3. The van der Waals surface area contributed by atoms with E-state index < -0.39 is 17.6 Å². The summed E-state index contributed by atoms with van der Waals surface area (Å²) in [5.41, 5.74) is 3.57. The number of rotatable bonds is 14.